The number of aromatic nitrogens is 5. The molecule has 9 nitrogen and oxygen atoms in total. The number of aryl methyl sites for hydroxylation is 1. The maximum absolute atomic E-state index is 12.9. The number of methoxy groups -OCH3 is 1. The van der Waals surface area contributed by atoms with E-state index in [1.807, 2.05) is 24.0 Å². The zero-order chi connectivity index (χ0) is 21.0. The minimum absolute atomic E-state index is 0.0132. The third-order valence-corrected chi connectivity index (χ3v) is 5.81. The SMILES string of the molecule is CCn1cc(C(=O)N2CCC(CCOC)(c3noc(-c4cccnc4)n3)CC2)cn1. The molecule has 0 spiro atoms. The topological polar surface area (TPSA) is 99.2 Å². The molecule has 3 aromatic rings. The summed E-state index contributed by atoms with van der Waals surface area (Å²) < 4.78 is 12.7. The van der Waals surface area contributed by atoms with Crippen LogP contribution in [0.15, 0.2) is 41.4 Å². The molecule has 4 heterocycles. The maximum Gasteiger partial charge on any atom is 0.259 e. The summed E-state index contributed by atoms with van der Waals surface area (Å²) in [5, 5.41) is 8.51. The largest absolute Gasteiger partial charge is 0.385 e. The fourth-order valence-electron chi connectivity index (χ4n) is 3.90. The van der Waals surface area contributed by atoms with Crippen LogP contribution in [0.5, 0.6) is 0 Å². The van der Waals surface area contributed by atoms with E-state index >= 15 is 0 Å². The molecule has 9 heteroatoms. The Morgan fingerprint density at radius 2 is 2.13 bits per heavy atom. The number of pyridine rings is 1. The van der Waals surface area contributed by atoms with Crippen molar-refractivity contribution < 1.29 is 14.1 Å². The van der Waals surface area contributed by atoms with Crippen LogP contribution in [0.25, 0.3) is 11.5 Å². The highest BCUT2D eigenvalue weighted by molar-refractivity contribution is 5.93. The number of piperidine rings is 1. The standard InChI is InChI=1S/C21H26N6O3/c1-3-27-15-17(14-23-27)19(28)26-10-6-21(7-11-26,8-12-29-2)20-24-18(30-25-20)16-5-4-9-22-13-16/h4-5,9,13-15H,3,6-8,10-12H2,1-2H3. The number of rotatable bonds is 7. The molecule has 30 heavy (non-hydrogen) atoms. The van der Waals surface area contributed by atoms with Gasteiger partial charge in [-0.05, 0) is 38.3 Å². The molecule has 3 aromatic heterocycles. The van der Waals surface area contributed by atoms with E-state index in [0.29, 0.717) is 37.0 Å². The number of likely N-dealkylation sites (tertiary alicyclic amines) is 1. The summed E-state index contributed by atoms with van der Waals surface area (Å²) in [6, 6.07) is 3.73. The zero-order valence-corrected chi connectivity index (χ0v) is 17.3. The first-order valence-corrected chi connectivity index (χ1v) is 10.2. The summed E-state index contributed by atoms with van der Waals surface area (Å²) in [6.45, 7) is 4.57. The molecular weight excluding hydrogens is 384 g/mol. The van der Waals surface area contributed by atoms with Gasteiger partial charge in [0.25, 0.3) is 11.8 Å². The van der Waals surface area contributed by atoms with E-state index in [1.54, 1.807) is 36.6 Å². The van der Waals surface area contributed by atoms with Crippen molar-refractivity contribution in [3.63, 3.8) is 0 Å². The quantitative estimate of drug-likeness (QED) is 0.590. The van der Waals surface area contributed by atoms with Crippen LogP contribution in [0.3, 0.4) is 0 Å². The summed E-state index contributed by atoms with van der Waals surface area (Å²) in [7, 11) is 1.69. The number of nitrogens with zero attached hydrogens (tertiary/aromatic N) is 6. The van der Waals surface area contributed by atoms with Gasteiger partial charge in [0.2, 0.25) is 0 Å². The lowest BCUT2D eigenvalue weighted by Gasteiger charge is -2.39. The van der Waals surface area contributed by atoms with E-state index in [-0.39, 0.29) is 11.3 Å². The van der Waals surface area contributed by atoms with Crippen molar-refractivity contribution in [2.24, 2.45) is 0 Å². The Balaban J connectivity index is 1.51. The molecule has 0 radical (unpaired) electrons. The van der Waals surface area contributed by atoms with Gasteiger partial charge in [0, 0.05) is 57.4 Å². The van der Waals surface area contributed by atoms with Gasteiger partial charge < -0.3 is 14.2 Å². The van der Waals surface area contributed by atoms with Crippen LogP contribution in [-0.2, 0) is 16.7 Å². The number of ether oxygens (including phenoxy) is 1. The molecule has 0 saturated carbocycles. The number of carbonyl (C=O) groups excluding carboxylic acids is 1. The van der Waals surface area contributed by atoms with Gasteiger partial charge in [-0.3, -0.25) is 14.5 Å². The Morgan fingerprint density at radius 1 is 1.30 bits per heavy atom. The normalized spacial score (nSPS) is 16.0. The first-order chi connectivity index (χ1) is 14.6. The summed E-state index contributed by atoms with van der Waals surface area (Å²) in [5.41, 5.74) is 1.13. The van der Waals surface area contributed by atoms with Gasteiger partial charge in [0.05, 0.1) is 17.3 Å². The van der Waals surface area contributed by atoms with Crippen molar-refractivity contribution >= 4 is 5.91 Å². The van der Waals surface area contributed by atoms with E-state index in [2.05, 4.69) is 20.2 Å². The fourth-order valence-corrected chi connectivity index (χ4v) is 3.90. The molecule has 0 N–H and O–H groups in total. The van der Waals surface area contributed by atoms with Crippen molar-refractivity contribution in [1.82, 2.24) is 29.8 Å². The predicted octanol–water partition coefficient (Wildman–Crippen LogP) is 2.56. The second kappa shape index (κ2) is 8.74. The summed E-state index contributed by atoms with van der Waals surface area (Å²) >= 11 is 0. The van der Waals surface area contributed by atoms with E-state index in [1.165, 1.54) is 0 Å². The van der Waals surface area contributed by atoms with Crippen molar-refractivity contribution in [3.8, 4) is 11.5 Å². The lowest BCUT2D eigenvalue weighted by molar-refractivity contribution is 0.0616. The van der Waals surface area contributed by atoms with Gasteiger partial charge in [-0.25, -0.2) is 0 Å². The van der Waals surface area contributed by atoms with E-state index < -0.39 is 0 Å². The zero-order valence-electron chi connectivity index (χ0n) is 17.3. The third-order valence-electron chi connectivity index (χ3n) is 5.81. The van der Waals surface area contributed by atoms with E-state index in [0.717, 1.165) is 31.4 Å². The van der Waals surface area contributed by atoms with Crippen molar-refractivity contribution in [3.05, 3.63) is 48.3 Å². The molecule has 0 aliphatic carbocycles. The molecule has 1 fully saturated rings. The Hall–Kier alpha value is -3.07. The second-order valence-corrected chi connectivity index (χ2v) is 7.56. The fraction of sp³-hybridized carbons (Fsp3) is 0.476. The predicted molar refractivity (Wildman–Crippen MR) is 109 cm³/mol. The highest BCUT2D eigenvalue weighted by atomic mass is 16.5. The highest BCUT2D eigenvalue weighted by Crippen LogP contribution is 2.38. The minimum atomic E-state index is -0.287. The van der Waals surface area contributed by atoms with Crippen LogP contribution < -0.4 is 0 Å². The molecule has 1 amide bonds. The number of hydrogen-bond donors (Lipinski definition) is 0. The Morgan fingerprint density at radius 3 is 2.80 bits per heavy atom. The highest BCUT2D eigenvalue weighted by Gasteiger charge is 2.41. The van der Waals surface area contributed by atoms with Gasteiger partial charge in [0.1, 0.15) is 0 Å². The van der Waals surface area contributed by atoms with Crippen LogP contribution in [0.4, 0.5) is 0 Å². The average Bonchev–Trinajstić information content (AvgIpc) is 3.48. The first-order valence-electron chi connectivity index (χ1n) is 10.2. The number of carbonyl (C=O) groups is 1. The molecule has 1 saturated heterocycles. The molecule has 0 aromatic carbocycles. The van der Waals surface area contributed by atoms with Crippen LogP contribution >= 0.6 is 0 Å². The van der Waals surface area contributed by atoms with Crippen molar-refractivity contribution in [1.29, 1.82) is 0 Å². The molecule has 0 bridgehead atoms. The molecule has 0 atom stereocenters. The average molecular weight is 410 g/mol. The van der Waals surface area contributed by atoms with Crippen molar-refractivity contribution in [2.45, 2.75) is 38.1 Å². The molecule has 0 unspecified atom stereocenters. The Bertz CT molecular complexity index is 976. The monoisotopic (exact) mass is 410 g/mol. The van der Waals surface area contributed by atoms with Gasteiger partial charge in [0.15, 0.2) is 5.82 Å². The van der Waals surface area contributed by atoms with Gasteiger partial charge in [-0.2, -0.15) is 10.1 Å². The van der Waals surface area contributed by atoms with E-state index in [9.17, 15) is 4.79 Å². The summed E-state index contributed by atoms with van der Waals surface area (Å²) in [4.78, 5) is 23.5. The summed E-state index contributed by atoms with van der Waals surface area (Å²) in [6.07, 6.45) is 9.11. The summed E-state index contributed by atoms with van der Waals surface area (Å²) in [5.74, 6) is 1.14. The molecule has 158 valence electrons. The first kappa shape index (κ1) is 20.2. The van der Waals surface area contributed by atoms with Crippen LogP contribution in [0.1, 0.15) is 42.4 Å². The maximum atomic E-state index is 12.9. The van der Waals surface area contributed by atoms with Crippen LogP contribution in [0.2, 0.25) is 0 Å². The number of amides is 1. The minimum Gasteiger partial charge on any atom is -0.385 e. The van der Waals surface area contributed by atoms with Gasteiger partial charge in [-0.15, -0.1) is 0 Å². The Labute approximate surface area is 175 Å². The lowest BCUT2D eigenvalue weighted by atomic mass is 9.75. The molecule has 4 rings (SSSR count). The van der Waals surface area contributed by atoms with Gasteiger partial charge >= 0.3 is 0 Å². The third kappa shape index (κ3) is 3.97. The number of hydrogen-bond acceptors (Lipinski definition) is 7. The smallest absolute Gasteiger partial charge is 0.259 e. The van der Waals surface area contributed by atoms with E-state index in [4.69, 9.17) is 9.26 Å². The van der Waals surface area contributed by atoms with Crippen LogP contribution in [0, 0.1) is 0 Å². The molecular formula is C21H26N6O3. The lowest BCUT2D eigenvalue weighted by Crippen LogP contribution is -2.46. The molecule has 1 aliphatic heterocycles. The second-order valence-electron chi connectivity index (χ2n) is 7.56. The van der Waals surface area contributed by atoms with Crippen molar-refractivity contribution in [2.75, 3.05) is 26.8 Å². The van der Waals surface area contributed by atoms with Crippen LogP contribution in [-0.4, -0.2) is 62.5 Å². The van der Waals surface area contributed by atoms with Gasteiger partial charge in [-0.1, -0.05) is 5.16 Å². The molecule has 1 aliphatic rings. The Kier molecular flexibility index (Phi) is 5.89.